The van der Waals surface area contributed by atoms with Gasteiger partial charge in [0.25, 0.3) is 0 Å². The van der Waals surface area contributed by atoms with Crippen LogP contribution >= 0.6 is 11.6 Å². The van der Waals surface area contributed by atoms with Crippen molar-refractivity contribution in [3.05, 3.63) is 65.1 Å². The van der Waals surface area contributed by atoms with Crippen molar-refractivity contribution in [1.29, 1.82) is 0 Å². The molecule has 5 rings (SSSR count). The molecule has 0 bridgehead atoms. The van der Waals surface area contributed by atoms with E-state index in [9.17, 15) is 19.2 Å². The van der Waals surface area contributed by atoms with Gasteiger partial charge in [0, 0.05) is 50.4 Å². The molecule has 1 fully saturated rings. The number of hydrogen-bond acceptors (Lipinski definition) is 8. The van der Waals surface area contributed by atoms with Crippen LogP contribution in [0.25, 0.3) is 5.65 Å². The maximum Gasteiger partial charge on any atom is 0.243 e. The lowest BCUT2D eigenvalue weighted by Crippen LogP contribution is -2.59. The molecule has 2 aromatic heterocycles. The lowest BCUT2D eigenvalue weighted by atomic mass is 9.90. The number of unbranched alkanes of at least 4 members (excludes halogenated alkanes) is 1. The van der Waals surface area contributed by atoms with Crippen molar-refractivity contribution >= 4 is 40.9 Å². The number of imidazole rings is 1. The summed E-state index contributed by atoms with van der Waals surface area (Å²) in [5.41, 5.74) is 7.84. The number of fused-ring (bicyclic) bond motifs is 2. The highest BCUT2D eigenvalue weighted by Gasteiger charge is 2.36. The molecule has 0 radical (unpaired) electrons. The molecular formula is C35H46ClN7O6. The molecule has 0 spiro atoms. The van der Waals surface area contributed by atoms with E-state index in [-0.39, 0.29) is 36.6 Å². The number of nitrogens with two attached hydrogens (primary N) is 1. The number of nitrogens with one attached hydrogen (secondary N) is 4. The molecule has 0 saturated carbocycles. The fourth-order valence-electron chi connectivity index (χ4n) is 6.32. The van der Waals surface area contributed by atoms with Crippen molar-refractivity contribution in [3.63, 3.8) is 0 Å². The SMILES string of the molecule is CCC(=O)N[C@@H](Cc1cn2cc(Cl)ccc2n1)C(=O)N[C@H](C(=O)N[C@@H](CCCCN)C(=O)N[C@@H]1CCOc2ccccc21)C1CCOCC1. The smallest absolute Gasteiger partial charge is 0.243 e. The average molecular weight is 696 g/mol. The first-order chi connectivity index (χ1) is 23.7. The van der Waals surface area contributed by atoms with E-state index in [1.54, 1.807) is 35.9 Å². The summed E-state index contributed by atoms with van der Waals surface area (Å²) in [6, 6.07) is 7.97. The van der Waals surface area contributed by atoms with Crippen LogP contribution in [0.2, 0.25) is 5.02 Å². The molecule has 6 N–H and O–H groups in total. The Morgan fingerprint density at radius 3 is 2.51 bits per heavy atom. The zero-order chi connectivity index (χ0) is 34.8. The maximum atomic E-state index is 14.1. The number of para-hydroxylation sites is 1. The first kappa shape index (κ1) is 36.1. The molecule has 1 saturated heterocycles. The van der Waals surface area contributed by atoms with Gasteiger partial charge in [0.1, 0.15) is 29.5 Å². The Morgan fingerprint density at radius 2 is 1.73 bits per heavy atom. The minimum Gasteiger partial charge on any atom is -0.493 e. The van der Waals surface area contributed by atoms with Gasteiger partial charge < -0.3 is 40.9 Å². The van der Waals surface area contributed by atoms with Crippen LogP contribution in [-0.4, -0.2) is 77.5 Å². The predicted octanol–water partition coefficient (Wildman–Crippen LogP) is 2.59. The zero-order valence-electron chi connectivity index (χ0n) is 27.8. The third-order valence-electron chi connectivity index (χ3n) is 9.02. The van der Waals surface area contributed by atoms with Gasteiger partial charge in [0.2, 0.25) is 23.6 Å². The summed E-state index contributed by atoms with van der Waals surface area (Å²) in [5, 5.41) is 12.3. The molecular weight excluding hydrogens is 650 g/mol. The van der Waals surface area contributed by atoms with Crippen molar-refractivity contribution in [2.75, 3.05) is 26.4 Å². The number of nitrogens with zero attached hydrogens (tertiary/aromatic N) is 2. The number of ether oxygens (including phenoxy) is 2. The Morgan fingerprint density at radius 1 is 0.939 bits per heavy atom. The molecule has 4 amide bonds. The van der Waals surface area contributed by atoms with Crippen LogP contribution < -0.4 is 31.7 Å². The summed E-state index contributed by atoms with van der Waals surface area (Å²) in [4.78, 5) is 59.0. The van der Waals surface area contributed by atoms with Crippen LogP contribution in [0.4, 0.5) is 0 Å². The number of benzene rings is 1. The molecule has 4 heterocycles. The van der Waals surface area contributed by atoms with E-state index in [0.29, 0.717) is 81.3 Å². The second kappa shape index (κ2) is 17.5. The summed E-state index contributed by atoms with van der Waals surface area (Å²) < 4.78 is 13.1. The number of hydrogen-bond donors (Lipinski definition) is 5. The maximum absolute atomic E-state index is 14.1. The highest BCUT2D eigenvalue weighted by molar-refractivity contribution is 6.30. The summed E-state index contributed by atoms with van der Waals surface area (Å²) in [7, 11) is 0. The Hall–Kier alpha value is -4.20. The molecule has 1 aromatic carbocycles. The van der Waals surface area contributed by atoms with Crippen LogP contribution in [0.5, 0.6) is 5.75 Å². The largest absolute Gasteiger partial charge is 0.493 e. The van der Waals surface area contributed by atoms with E-state index in [1.165, 1.54) is 0 Å². The van der Waals surface area contributed by atoms with Gasteiger partial charge in [0.15, 0.2) is 0 Å². The first-order valence-electron chi connectivity index (χ1n) is 17.1. The van der Waals surface area contributed by atoms with Gasteiger partial charge in [-0.1, -0.05) is 36.7 Å². The molecule has 3 aromatic rings. The highest BCUT2D eigenvalue weighted by atomic mass is 35.5. The molecule has 2 aliphatic rings. The van der Waals surface area contributed by atoms with E-state index in [0.717, 1.165) is 11.3 Å². The van der Waals surface area contributed by atoms with Gasteiger partial charge in [-0.25, -0.2) is 4.98 Å². The molecule has 264 valence electrons. The van der Waals surface area contributed by atoms with Gasteiger partial charge >= 0.3 is 0 Å². The number of rotatable bonds is 15. The molecule has 2 aliphatic heterocycles. The second-order valence-corrected chi connectivity index (χ2v) is 13.0. The van der Waals surface area contributed by atoms with E-state index in [2.05, 4.69) is 26.3 Å². The number of halogens is 1. The van der Waals surface area contributed by atoms with Gasteiger partial charge in [0.05, 0.1) is 23.4 Å². The van der Waals surface area contributed by atoms with Crippen molar-refractivity contribution < 1.29 is 28.7 Å². The van der Waals surface area contributed by atoms with Crippen LogP contribution in [0.3, 0.4) is 0 Å². The standard InChI is InChI=1S/C35H46ClN7O6/c1-2-31(44)39-28(19-24-21-43-20-23(36)10-11-30(43)38-24)34(46)42-32(22-12-16-48-17-13-22)35(47)41-27(8-5-6-15-37)33(45)40-26-14-18-49-29-9-4-3-7-25(26)29/h3-4,7,9-11,20-22,26-28,32H,2,5-6,8,12-19,37H2,1H3,(H,39,44)(H,40,45)(H,41,47)(H,42,46)/t26-,27+,28+,32+/m1/s1. The first-order valence-corrected chi connectivity index (χ1v) is 17.5. The van der Waals surface area contributed by atoms with Crippen molar-refractivity contribution in [2.24, 2.45) is 11.7 Å². The van der Waals surface area contributed by atoms with Gasteiger partial charge in [-0.3, -0.25) is 19.2 Å². The Balaban J connectivity index is 1.34. The summed E-state index contributed by atoms with van der Waals surface area (Å²) in [6.45, 7) is 3.49. The fraction of sp³-hybridized carbons (Fsp3) is 0.514. The van der Waals surface area contributed by atoms with Crippen LogP contribution in [0.15, 0.2) is 48.8 Å². The third-order valence-corrected chi connectivity index (χ3v) is 9.25. The number of carbonyl (C=O) groups is 4. The number of aromatic nitrogens is 2. The summed E-state index contributed by atoms with van der Waals surface area (Å²) >= 11 is 6.14. The molecule has 4 atom stereocenters. The lowest BCUT2D eigenvalue weighted by Gasteiger charge is -2.33. The molecule has 49 heavy (non-hydrogen) atoms. The van der Waals surface area contributed by atoms with Gasteiger partial charge in [-0.05, 0) is 62.8 Å². The predicted molar refractivity (Wildman–Crippen MR) is 184 cm³/mol. The Labute approximate surface area is 291 Å². The summed E-state index contributed by atoms with van der Waals surface area (Å²) in [6.07, 6.45) is 7.10. The Bertz CT molecular complexity index is 1610. The lowest BCUT2D eigenvalue weighted by molar-refractivity contribution is -0.135. The van der Waals surface area contributed by atoms with E-state index >= 15 is 0 Å². The molecule has 0 aliphatic carbocycles. The van der Waals surface area contributed by atoms with Crippen LogP contribution in [0.1, 0.15) is 69.2 Å². The minimum absolute atomic E-state index is 0.0929. The van der Waals surface area contributed by atoms with Crippen molar-refractivity contribution in [2.45, 2.75) is 82.5 Å². The average Bonchev–Trinajstić information content (AvgIpc) is 3.51. The minimum atomic E-state index is -1.000. The van der Waals surface area contributed by atoms with E-state index < -0.39 is 29.9 Å². The quantitative estimate of drug-likeness (QED) is 0.151. The van der Waals surface area contributed by atoms with Crippen LogP contribution in [0, 0.1) is 5.92 Å². The monoisotopic (exact) mass is 695 g/mol. The molecule has 14 heteroatoms. The summed E-state index contributed by atoms with van der Waals surface area (Å²) in [5.74, 6) is -1.14. The van der Waals surface area contributed by atoms with Crippen molar-refractivity contribution in [1.82, 2.24) is 30.7 Å². The van der Waals surface area contributed by atoms with Gasteiger partial charge in [-0.2, -0.15) is 0 Å². The number of amides is 4. The normalized spacial score (nSPS) is 18.0. The Kier molecular flexibility index (Phi) is 12.9. The number of carbonyl (C=O) groups excluding carboxylic acids is 4. The topological polar surface area (TPSA) is 178 Å². The molecule has 13 nitrogen and oxygen atoms in total. The van der Waals surface area contributed by atoms with E-state index in [4.69, 9.17) is 26.8 Å². The second-order valence-electron chi connectivity index (χ2n) is 12.5. The highest BCUT2D eigenvalue weighted by Crippen LogP contribution is 2.31. The zero-order valence-corrected chi connectivity index (χ0v) is 28.5. The molecule has 0 unspecified atom stereocenters. The van der Waals surface area contributed by atoms with Crippen LogP contribution in [-0.2, 0) is 30.3 Å². The van der Waals surface area contributed by atoms with Gasteiger partial charge in [-0.15, -0.1) is 0 Å². The number of pyridine rings is 1. The van der Waals surface area contributed by atoms with E-state index in [1.807, 2.05) is 24.3 Å². The fourth-order valence-corrected chi connectivity index (χ4v) is 6.49. The third kappa shape index (κ3) is 9.71. The van der Waals surface area contributed by atoms with Crippen molar-refractivity contribution in [3.8, 4) is 5.75 Å².